The van der Waals surface area contributed by atoms with Crippen molar-refractivity contribution >= 4 is 11.8 Å². The summed E-state index contributed by atoms with van der Waals surface area (Å²) in [6.07, 6.45) is 7.19. The van der Waals surface area contributed by atoms with Crippen LogP contribution in [0.1, 0.15) is 39.0 Å². The highest BCUT2D eigenvalue weighted by atomic mass is 32.2. The maximum atomic E-state index is 3.70. The van der Waals surface area contributed by atoms with Gasteiger partial charge >= 0.3 is 0 Å². The molecule has 100 valence electrons. The fraction of sp³-hybridized carbons (Fsp3) is 0.625. The Morgan fingerprint density at radius 1 is 1.17 bits per heavy atom. The van der Waals surface area contributed by atoms with Gasteiger partial charge in [0.25, 0.3) is 0 Å². The van der Waals surface area contributed by atoms with Gasteiger partial charge in [-0.2, -0.15) is 0 Å². The maximum absolute atomic E-state index is 3.70. The molecule has 1 fully saturated rings. The third kappa shape index (κ3) is 4.66. The van der Waals surface area contributed by atoms with Crippen LogP contribution in [-0.4, -0.2) is 18.3 Å². The van der Waals surface area contributed by atoms with Crippen LogP contribution in [0.4, 0.5) is 0 Å². The van der Waals surface area contributed by atoms with Gasteiger partial charge in [-0.1, -0.05) is 37.5 Å². The first-order valence-corrected chi connectivity index (χ1v) is 8.26. The van der Waals surface area contributed by atoms with Gasteiger partial charge in [0.2, 0.25) is 0 Å². The summed E-state index contributed by atoms with van der Waals surface area (Å²) in [6, 6.07) is 11.4. The average molecular weight is 263 g/mol. The van der Waals surface area contributed by atoms with E-state index in [2.05, 4.69) is 42.6 Å². The van der Waals surface area contributed by atoms with Crippen LogP contribution in [0.3, 0.4) is 0 Å². The number of nitrogens with one attached hydrogen (secondary N) is 1. The lowest BCUT2D eigenvalue weighted by Crippen LogP contribution is -2.35. The monoisotopic (exact) mass is 263 g/mol. The summed E-state index contributed by atoms with van der Waals surface area (Å²) < 4.78 is 0. The Labute approximate surface area is 116 Å². The first-order valence-electron chi connectivity index (χ1n) is 7.27. The predicted molar refractivity (Wildman–Crippen MR) is 81.2 cm³/mol. The molecule has 0 unspecified atom stereocenters. The highest BCUT2D eigenvalue weighted by Gasteiger charge is 2.18. The molecular formula is C16H25NS. The largest absolute Gasteiger partial charge is 0.313 e. The molecule has 1 aromatic carbocycles. The second-order valence-corrected chi connectivity index (χ2v) is 6.47. The lowest BCUT2D eigenvalue weighted by molar-refractivity contribution is 0.285. The Morgan fingerprint density at radius 2 is 1.89 bits per heavy atom. The lowest BCUT2D eigenvalue weighted by Gasteiger charge is -2.28. The molecule has 0 saturated heterocycles. The normalized spacial score (nSPS) is 18.7. The molecule has 0 bridgehead atoms. The van der Waals surface area contributed by atoms with E-state index < -0.39 is 0 Å². The smallest absolute Gasteiger partial charge is 0.0106 e. The molecule has 1 aliphatic rings. The minimum atomic E-state index is 0.696. The van der Waals surface area contributed by atoms with Gasteiger partial charge in [0.1, 0.15) is 0 Å². The predicted octanol–water partition coefficient (Wildman–Crippen LogP) is 4.34. The molecule has 2 heteroatoms. The van der Waals surface area contributed by atoms with E-state index in [9.17, 15) is 0 Å². The van der Waals surface area contributed by atoms with Crippen LogP contribution in [-0.2, 0) is 0 Å². The van der Waals surface area contributed by atoms with Crippen molar-refractivity contribution in [3.8, 4) is 0 Å². The molecule has 1 N–H and O–H groups in total. The molecule has 1 atom stereocenters. The first kappa shape index (κ1) is 14.0. The van der Waals surface area contributed by atoms with E-state index in [-0.39, 0.29) is 0 Å². The topological polar surface area (TPSA) is 12.0 Å². The molecular weight excluding hydrogens is 238 g/mol. The Kier molecular flexibility index (Phi) is 6.09. The fourth-order valence-electron chi connectivity index (χ4n) is 2.77. The molecule has 0 aliphatic heterocycles. The molecule has 0 heterocycles. The zero-order valence-electron chi connectivity index (χ0n) is 11.4. The number of rotatable bonds is 6. The van der Waals surface area contributed by atoms with Gasteiger partial charge in [0.15, 0.2) is 0 Å². The van der Waals surface area contributed by atoms with Gasteiger partial charge < -0.3 is 5.32 Å². The summed E-state index contributed by atoms with van der Waals surface area (Å²) in [5, 5.41) is 3.70. The number of thioether (sulfide) groups is 1. The molecule has 1 nitrogen and oxygen atoms in total. The van der Waals surface area contributed by atoms with Gasteiger partial charge in [-0.25, -0.2) is 0 Å². The standard InChI is InChI=1S/C16H25NS/c1-14(15-8-4-2-5-9-15)17-12-13-18-16-10-6-3-7-11-16/h3,6-7,10-11,14-15,17H,2,4-5,8-9,12-13H2,1H3/t14-/m1/s1. The van der Waals surface area contributed by atoms with Crippen molar-refractivity contribution in [2.75, 3.05) is 12.3 Å². The van der Waals surface area contributed by atoms with Crippen molar-refractivity contribution in [2.45, 2.75) is 50.0 Å². The van der Waals surface area contributed by atoms with E-state index >= 15 is 0 Å². The number of hydrogen-bond donors (Lipinski definition) is 1. The Morgan fingerprint density at radius 3 is 2.61 bits per heavy atom. The van der Waals surface area contributed by atoms with Crippen LogP contribution in [0.15, 0.2) is 35.2 Å². The summed E-state index contributed by atoms with van der Waals surface area (Å²) in [6.45, 7) is 3.49. The Hall–Kier alpha value is -0.470. The molecule has 0 radical (unpaired) electrons. The van der Waals surface area contributed by atoms with Gasteiger partial charge in [-0.05, 0) is 37.8 Å². The van der Waals surface area contributed by atoms with Crippen molar-refractivity contribution in [1.82, 2.24) is 5.32 Å². The third-order valence-electron chi connectivity index (χ3n) is 3.94. The van der Waals surface area contributed by atoms with E-state index in [1.165, 1.54) is 42.8 Å². The number of hydrogen-bond acceptors (Lipinski definition) is 2. The Balaban J connectivity index is 1.60. The van der Waals surface area contributed by atoms with Crippen LogP contribution in [0.2, 0.25) is 0 Å². The second kappa shape index (κ2) is 7.85. The maximum Gasteiger partial charge on any atom is 0.0106 e. The molecule has 0 aromatic heterocycles. The minimum Gasteiger partial charge on any atom is -0.313 e. The second-order valence-electron chi connectivity index (χ2n) is 5.30. The van der Waals surface area contributed by atoms with E-state index in [4.69, 9.17) is 0 Å². The van der Waals surface area contributed by atoms with Crippen molar-refractivity contribution in [3.05, 3.63) is 30.3 Å². The highest BCUT2D eigenvalue weighted by Crippen LogP contribution is 2.26. The van der Waals surface area contributed by atoms with Crippen molar-refractivity contribution in [3.63, 3.8) is 0 Å². The van der Waals surface area contributed by atoms with Crippen LogP contribution < -0.4 is 5.32 Å². The molecule has 2 rings (SSSR count). The lowest BCUT2D eigenvalue weighted by atomic mass is 9.84. The SMILES string of the molecule is C[C@@H](NCCSc1ccccc1)C1CCCCC1. The van der Waals surface area contributed by atoms with Gasteiger partial charge in [-0.3, -0.25) is 0 Å². The van der Waals surface area contributed by atoms with Gasteiger partial charge in [0.05, 0.1) is 0 Å². The molecule has 0 spiro atoms. The molecule has 1 aromatic rings. The molecule has 1 aliphatic carbocycles. The molecule has 1 saturated carbocycles. The summed E-state index contributed by atoms with van der Waals surface area (Å²) in [4.78, 5) is 1.38. The van der Waals surface area contributed by atoms with Crippen LogP contribution in [0, 0.1) is 5.92 Å². The fourth-order valence-corrected chi connectivity index (χ4v) is 3.58. The molecule has 18 heavy (non-hydrogen) atoms. The average Bonchev–Trinajstić information content (AvgIpc) is 2.45. The Bertz CT molecular complexity index is 319. The molecule has 0 amide bonds. The van der Waals surface area contributed by atoms with Crippen LogP contribution in [0.5, 0.6) is 0 Å². The highest BCUT2D eigenvalue weighted by molar-refractivity contribution is 7.99. The van der Waals surface area contributed by atoms with E-state index in [0.29, 0.717) is 6.04 Å². The van der Waals surface area contributed by atoms with Crippen molar-refractivity contribution in [1.29, 1.82) is 0 Å². The van der Waals surface area contributed by atoms with E-state index in [1.54, 1.807) is 0 Å². The summed E-state index contributed by atoms with van der Waals surface area (Å²) in [7, 11) is 0. The van der Waals surface area contributed by atoms with Gasteiger partial charge in [-0.15, -0.1) is 11.8 Å². The summed E-state index contributed by atoms with van der Waals surface area (Å²) in [5.41, 5.74) is 0. The van der Waals surface area contributed by atoms with E-state index in [0.717, 1.165) is 12.5 Å². The first-order chi connectivity index (χ1) is 8.86. The summed E-state index contributed by atoms with van der Waals surface area (Å²) in [5.74, 6) is 2.08. The van der Waals surface area contributed by atoms with E-state index in [1.807, 2.05) is 11.8 Å². The van der Waals surface area contributed by atoms with Gasteiger partial charge in [0, 0.05) is 23.2 Å². The number of benzene rings is 1. The quantitative estimate of drug-likeness (QED) is 0.605. The minimum absolute atomic E-state index is 0.696. The van der Waals surface area contributed by atoms with Crippen LogP contribution in [0.25, 0.3) is 0 Å². The zero-order valence-corrected chi connectivity index (χ0v) is 12.2. The third-order valence-corrected chi connectivity index (χ3v) is 4.95. The summed E-state index contributed by atoms with van der Waals surface area (Å²) >= 11 is 1.95. The van der Waals surface area contributed by atoms with Crippen LogP contribution >= 0.6 is 11.8 Å². The zero-order chi connectivity index (χ0) is 12.6. The van der Waals surface area contributed by atoms with Crippen molar-refractivity contribution in [2.24, 2.45) is 5.92 Å². The van der Waals surface area contributed by atoms with Crippen molar-refractivity contribution < 1.29 is 0 Å².